The van der Waals surface area contributed by atoms with Gasteiger partial charge in [-0.2, -0.15) is 0 Å². The van der Waals surface area contributed by atoms with Crippen LogP contribution in [0.2, 0.25) is 0 Å². The van der Waals surface area contributed by atoms with Crippen LogP contribution >= 0.6 is 0 Å². The number of carbonyl (C=O) groups excluding carboxylic acids is 3. The Morgan fingerprint density at radius 3 is 2.59 bits per heavy atom. The lowest BCUT2D eigenvalue weighted by Crippen LogP contribution is -2.44. The first kappa shape index (κ1) is 20.5. The van der Waals surface area contributed by atoms with Crippen molar-refractivity contribution in [3.05, 3.63) is 66.0 Å². The third-order valence-corrected chi connectivity index (χ3v) is 5.00. The molecule has 3 amide bonds. The fourth-order valence-corrected chi connectivity index (χ4v) is 3.46. The zero-order valence-corrected chi connectivity index (χ0v) is 16.3. The van der Waals surface area contributed by atoms with E-state index < -0.39 is 0 Å². The molecule has 7 nitrogen and oxygen atoms in total. The van der Waals surface area contributed by atoms with Gasteiger partial charge in [-0.3, -0.25) is 19.4 Å². The van der Waals surface area contributed by atoms with Gasteiger partial charge in [0, 0.05) is 31.0 Å². The largest absolute Gasteiger partial charge is 0.356 e. The van der Waals surface area contributed by atoms with Crippen molar-refractivity contribution in [3.63, 3.8) is 0 Å². The van der Waals surface area contributed by atoms with Gasteiger partial charge in [-0.25, -0.2) is 0 Å². The first-order valence-electron chi connectivity index (χ1n) is 9.94. The van der Waals surface area contributed by atoms with E-state index in [0.717, 1.165) is 24.8 Å². The van der Waals surface area contributed by atoms with E-state index in [-0.39, 0.29) is 36.7 Å². The summed E-state index contributed by atoms with van der Waals surface area (Å²) in [5.41, 5.74) is 1.37. The molecule has 1 aliphatic rings. The van der Waals surface area contributed by atoms with E-state index in [0.29, 0.717) is 18.7 Å². The van der Waals surface area contributed by atoms with Crippen LogP contribution in [-0.2, 0) is 9.59 Å². The summed E-state index contributed by atoms with van der Waals surface area (Å²) >= 11 is 0. The van der Waals surface area contributed by atoms with E-state index in [1.165, 1.54) is 12.4 Å². The number of rotatable bonds is 4. The van der Waals surface area contributed by atoms with Crippen molar-refractivity contribution in [1.82, 2.24) is 20.5 Å². The smallest absolute Gasteiger partial charge is 0.251 e. The summed E-state index contributed by atoms with van der Waals surface area (Å²) in [7, 11) is 0. The van der Waals surface area contributed by atoms with Crippen molar-refractivity contribution in [2.24, 2.45) is 0 Å². The fourth-order valence-electron chi connectivity index (χ4n) is 3.46. The normalized spacial score (nSPS) is 17.9. The molecular formula is C22H26N4O3. The average Bonchev–Trinajstić information content (AvgIpc) is 2.77. The Morgan fingerprint density at radius 2 is 1.83 bits per heavy atom. The van der Waals surface area contributed by atoms with Gasteiger partial charge in [-0.15, -0.1) is 0 Å². The van der Waals surface area contributed by atoms with Crippen LogP contribution in [0, 0.1) is 0 Å². The summed E-state index contributed by atoms with van der Waals surface area (Å²) in [4.78, 5) is 43.3. The van der Waals surface area contributed by atoms with Gasteiger partial charge in [0.2, 0.25) is 11.8 Å². The number of pyridine rings is 1. The van der Waals surface area contributed by atoms with Gasteiger partial charge in [0.25, 0.3) is 5.91 Å². The molecule has 0 radical (unpaired) electrons. The van der Waals surface area contributed by atoms with E-state index in [1.807, 2.05) is 30.3 Å². The number of nitrogens with one attached hydrogen (secondary N) is 2. The minimum absolute atomic E-state index is 0.0700. The molecule has 152 valence electrons. The van der Waals surface area contributed by atoms with Crippen LogP contribution in [0.25, 0.3) is 0 Å². The number of carbonyl (C=O) groups is 3. The van der Waals surface area contributed by atoms with Crippen molar-refractivity contribution in [2.45, 2.75) is 31.7 Å². The lowest BCUT2D eigenvalue weighted by atomic mass is 10.00. The second kappa shape index (κ2) is 10.4. The number of hydrogen-bond donors (Lipinski definition) is 2. The first-order valence-corrected chi connectivity index (χ1v) is 9.94. The Bertz CT molecular complexity index is 826. The van der Waals surface area contributed by atoms with Crippen LogP contribution in [0.5, 0.6) is 0 Å². The minimum Gasteiger partial charge on any atom is -0.356 e. The first-order chi connectivity index (χ1) is 14.1. The van der Waals surface area contributed by atoms with Gasteiger partial charge >= 0.3 is 0 Å². The Labute approximate surface area is 170 Å². The zero-order valence-electron chi connectivity index (χ0n) is 16.3. The maximum absolute atomic E-state index is 13.1. The molecule has 0 spiro atoms. The highest BCUT2D eigenvalue weighted by Gasteiger charge is 2.27. The molecule has 1 unspecified atom stereocenters. The number of benzene rings is 1. The lowest BCUT2D eigenvalue weighted by molar-refractivity contribution is -0.134. The third kappa shape index (κ3) is 5.88. The highest BCUT2D eigenvalue weighted by Crippen LogP contribution is 2.25. The molecule has 1 saturated heterocycles. The van der Waals surface area contributed by atoms with Crippen LogP contribution < -0.4 is 10.6 Å². The number of hydrogen-bond acceptors (Lipinski definition) is 4. The summed E-state index contributed by atoms with van der Waals surface area (Å²) in [6.45, 7) is 1.10. The predicted octanol–water partition coefficient (Wildman–Crippen LogP) is 2.07. The fraction of sp³-hybridized carbons (Fsp3) is 0.364. The molecule has 3 rings (SSSR count). The zero-order chi connectivity index (χ0) is 20.5. The topological polar surface area (TPSA) is 91.4 Å². The van der Waals surface area contributed by atoms with Gasteiger partial charge in [-0.1, -0.05) is 30.3 Å². The average molecular weight is 394 g/mol. The Balaban J connectivity index is 1.75. The summed E-state index contributed by atoms with van der Waals surface area (Å²) in [6, 6.07) is 12.4. The van der Waals surface area contributed by atoms with Crippen LogP contribution in [0.15, 0.2) is 54.9 Å². The molecule has 2 N–H and O–H groups in total. The highest BCUT2D eigenvalue weighted by atomic mass is 16.2. The van der Waals surface area contributed by atoms with Crippen LogP contribution in [0.1, 0.15) is 47.6 Å². The maximum Gasteiger partial charge on any atom is 0.251 e. The minimum atomic E-state index is -0.361. The number of aromatic nitrogens is 1. The molecule has 1 aromatic heterocycles. The monoisotopic (exact) mass is 394 g/mol. The Kier molecular flexibility index (Phi) is 7.33. The SMILES string of the molecule is O=C1CC(c2ccccc2)N(C(=O)CNC(=O)c2ccncc2)CCCCCN1. The van der Waals surface area contributed by atoms with E-state index in [9.17, 15) is 14.4 Å². The molecule has 1 aromatic carbocycles. The third-order valence-electron chi connectivity index (χ3n) is 5.00. The van der Waals surface area contributed by atoms with Crippen LogP contribution in [0.4, 0.5) is 0 Å². The van der Waals surface area contributed by atoms with E-state index in [4.69, 9.17) is 0 Å². The molecule has 1 aliphatic heterocycles. The standard InChI is InChI=1S/C22H26N4O3/c27-20-15-19(17-7-3-1-4-8-17)26(14-6-2-5-11-24-20)21(28)16-25-22(29)18-9-12-23-13-10-18/h1,3-4,7-10,12-13,19H,2,5-6,11,14-16H2,(H,24,27)(H,25,29). The van der Waals surface area contributed by atoms with Crippen LogP contribution in [0.3, 0.4) is 0 Å². The molecule has 29 heavy (non-hydrogen) atoms. The van der Waals surface area contributed by atoms with Crippen molar-refractivity contribution >= 4 is 17.7 Å². The van der Waals surface area contributed by atoms with Gasteiger partial charge < -0.3 is 15.5 Å². The summed E-state index contributed by atoms with van der Waals surface area (Å²) in [6.07, 6.45) is 5.94. The second-order valence-electron chi connectivity index (χ2n) is 7.05. The van der Waals surface area contributed by atoms with Crippen LogP contribution in [-0.4, -0.2) is 47.2 Å². The van der Waals surface area contributed by atoms with Gasteiger partial charge in [0.1, 0.15) is 0 Å². The Morgan fingerprint density at radius 1 is 1.07 bits per heavy atom. The molecule has 0 aliphatic carbocycles. The lowest BCUT2D eigenvalue weighted by Gasteiger charge is -2.33. The second-order valence-corrected chi connectivity index (χ2v) is 7.05. The summed E-state index contributed by atoms with van der Waals surface area (Å²) in [5.74, 6) is -0.593. The maximum atomic E-state index is 13.1. The molecular weight excluding hydrogens is 368 g/mol. The van der Waals surface area contributed by atoms with Gasteiger partial charge in [0.15, 0.2) is 0 Å². The molecule has 0 saturated carbocycles. The highest BCUT2D eigenvalue weighted by molar-refractivity contribution is 5.96. The number of amides is 3. The molecule has 1 fully saturated rings. The van der Waals surface area contributed by atoms with Crippen molar-refractivity contribution in [1.29, 1.82) is 0 Å². The van der Waals surface area contributed by atoms with E-state index in [2.05, 4.69) is 15.6 Å². The quantitative estimate of drug-likeness (QED) is 0.831. The summed E-state index contributed by atoms with van der Waals surface area (Å²) < 4.78 is 0. The van der Waals surface area contributed by atoms with E-state index >= 15 is 0 Å². The van der Waals surface area contributed by atoms with E-state index in [1.54, 1.807) is 17.0 Å². The van der Waals surface area contributed by atoms with Gasteiger partial charge in [0.05, 0.1) is 19.0 Å². The molecule has 0 bridgehead atoms. The summed E-state index contributed by atoms with van der Waals surface area (Å²) in [5, 5.41) is 5.62. The van der Waals surface area contributed by atoms with Gasteiger partial charge in [-0.05, 0) is 37.0 Å². The number of nitrogens with zero attached hydrogens (tertiary/aromatic N) is 2. The molecule has 2 heterocycles. The predicted molar refractivity (Wildman–Crippen MR) is 109 cm³/mol. The van der Waals surface area contributed by atoms with Crippen molar-refractivity contribution in [3.8, 4) is 0 Å². The molecule has 1 atom stereocenters. The molecule has 7 heteroatoms. The van der Waals surface area contributed by atoms with Crippen molar-refractivity contribution < 1.29 is 14.4 Å². The van der Waals surface area contributed by atoms with Crippen molar-refractivity contribution in [2.75, 3.05) is 19.6 Å². The molecule has 2 aromatic rings. The Hall–Kier alpha value is -3.22.